The summed E-state index contributed by atoms with van der Waals surface area (Å²) in [5.41, 5.74) is 6.44. The average molecular weight is 361 g/mol. The molecule has 1 aliphatic carbocycles. The molecule has 26 heavy (non-hydrogen) atoms. The predicted octanol–water partition coefficient (Wildman–Crippen LogP) is 2.65. The molecule has 2 rings (SSSR count). The smallest absolute Gasteiger partial charge is 0.228 e. The second-order valence-electron chi connectivity index (χ2n) is 6.83. The first kappa shape index (κ1) is 20.2. The third-order valence-corrected chi connectivity index (χ3v) is 4.96. The summed E-state index contributed by atoms with van der Waals surface area (Å²) in [5.74, 6) is 0.910. The maximum Gasteiger partial charge on any atom is 0.228 e. The van der Waals surface area contributed by atoms with Crippen molar-refractivity contribution in [3.8, 4) is 5.88 Å². The Bertz CT molecular complexity index is 622. The molecular weight excluding hydrogens is 330 g/mol. The van der Waals surface area contributed by atoms with Gasteiger partial charge in [-0.1, -0.05) is 13.8 Å². The van der Waals surface area contributed by atoms with Crippen LogP contribution in [0.15, 0.2) is 12.1 Å². The van der Waals surface area contributed by atoms with Gasteiger partial charge in [-0.2, -0.15) is 4.98 Å². The third-order valence-electron chi connectivity index (χ3n) is 4.96. The van der Waals surface area contributed by atoms with Gasteiger partial charge in [0.05, 0.1) is 11.7 Å². The van der Waals surface area contributed by atoms with Crippen LogP contribution in [0.5, 0.6) is 5.88 Å². The highest BCUT2D eigenvalue weighted by molar-refractivity contribution is 6.09. The van der Waals surface area contributed by atoms with Gasteiger partial charge in [0.15, 0.2) is 0 Å². The summed E-state index contributed by atoms with van der Waals surface area (Å²) < 4.78 is 5.86. The normalized spacial score (nSPS) is 19.9. The summed E-state index contributed by atoms with van der Waals surface area (Å²) in [6.45, 7) is 4.15. The van der Waals surface area contributed by atoms with E-state index >= 15 is 0 Å². The van der Waals surface area contributed by atoms with Gasteiger partial charge in [0.1, 0.15) is 11.7 Å². The maximum absolute atomic E-state index is 12.4. The minimum absolute atomic E-state index is 0.0517. The molecule has 0 radical (unpaired) electrons. The number of anilines is 1. The molecule has 1 aromatic rings. The van der Waals surface area contributed by atoms with Gasteiger partial charge < -0.3 is 21.1 Å². The molecule has 0 unspecified atom stereocenters. The summed E-state index contributed by atoms with van der Waals surface area (Å²) in [4.78, 5) is 16.9. The lowest BCUT2D eigenvalue weighted by Gasteiger charge is -2.25. The molecule has 1 saturated carbocycles. The van der Waals surface area contributed by atoms with E-state index in [4.69, 9.17) is 15.9 Å². The molecule has 5 N–H and O–H groups in total. The molecule has 1 aromatic heterocycles. The third kappa shape index (κ3) is 5.17. The van der Waals surface area contributed by atoms with E-state index in [1.54, 1.807) is 19.2 Å². The van der Waals surface area contributed by atoms with E-state index in [1.807, 2.05) is 0 Å². The molecule has 0 spiro atoms. The molecule has 1 fully saturated rings. The Hall–Kier alpha value is -2.15. The Morgan fingerprint density at radius 2 is 1.96 bits per heavy atom. The number of hydrogen-bond acceptors (Lipinski definition) is 6. The van der Waals surface area contributed by atoms with Crippen LogP contribution in [-0.4, -0.2) is 35.9 Å². The van der Waals surface area contributed by atoms with Crippen LogP contribution in [0.1, 0.15) is 57.9 Å². The highest BCUT2D eigenvalue weighted by Gasteiger charge is 2.25. The number of nitrogens with zero attached hydrogens (tertiary/aromatic N) is 1. The first-order valence-corrected chi connectivity index (χ1v) is 9.49. The molecule has 7 heteroatoms. The van der Waals surface area contributed by atoms with E-state index in [2.05, 4.69) is 29.5 Å². The van der Waals surface area contributed by atoms with Crippen LogP contribution in [-0.2, 0) is 4.79 Å². The van der Waals surface area contributed by atoms with Gasteiger partial charge in [-0.3, -0.25) is 10.2 Å². The molecule has 0 bridgehead atoms. The van der Waals surface area contributed by atoms with E-state index in [-0.39, 0.29) is 29.8 Å². The summed E-state index contributed by atoms with van der Waals surface area (Å²) in [5, 5.41) is 14.0. The van der Waals surface area contributed by atoms with Crippen LogP contribution in [0.2, 0.25) is 0 Å². The number of aromatic nitrogens is 1. The van der Waals surface area contributed by atoms with Gasteiger partial charge in [-0.05, 0) is 44.6 Å². The molecule has 0 aromatic carbocycles. The number of carbonyl (C=O) groups excluding carboxylic acids is 1. The van der Waals surface area contributed by atoms with E-state index in [9.17, 15) is 4.79 Å². The summed E-state index contributed by atoms with van der Waals surface area (Å²) in [7, 11) is 1.74. The van der Waals surface area contributed by atoms with Gasteiger partial charge in [-0.15, -0.1) is 0 Å². The van der Waals surface area contributed by atoms with Crippen molar-refractivity contribution < 1.29 is 9.53 Å². The predicted molar refractivity (Wildman–Crippen MR) is 104 cm³/mol. The van der Waals surface area contributed by atoms with Crippen LogP contribution in [0.3, 0.4) is 0 Å². The largest absolute Gasteiger partial charge is 0.474 e. The number of rotatable bonds is 7. The zero-order valence-corrected chi connectivity index (χ0v) is 16.0. The number of nitrogens with two attached hydrogens (primary N) is 1. The van der Waals surface area contributed by atoms with Crippen LogP contribution in [0, 0.1) is 11.3 Å². The van der Waals surface area contributed by atoms with Gasteiger partial charge in [0.2, 0.25) is 11.8 Å². The van der Waals surface area contributed by atoms with E-state index < -0.39 is 0 Å². The Balaban J connectivity index is 2.04. The molecule has 1 heterocycles. The molecule has 1 amide bonds. The zero-order valence-electron chi connectivity index (χ0n) is 16.0. The van der Waals surface area contributed by atoms with Crippen molar-refractivity contribution in [2.24, 2.45) is 11.7 Å². The fraction of sp³-hybridized carbons (Fsp3) is 0.632. The molecule has 1 aliphatic rings. The van der Waals surface area contributed by atoms with Gasteiger partial charge in [-0.25, -0.2) is 0 Å². The summed E-state index contributed by atoms with van der Waals surface area (Å²) in [6.07, 6.45) is 5.21. The van der Waals surface area contributed by atoms with E-state index in [0.29, 0.717) is 17.3 Å². The number of pyridine rings is 1. The lowest BCUT2D eigenvalue weighted by atomic mass is 9.86. The van der Waals surface area contributed by atoms with Crippen molar-refractivity contribution >= 4 is 17.6 Å². The summed E-state index contributed by atoms with van der Waals surface area (Å²) >= 11 is 0. The quantitative estimate of drug-likeness (QED) is 0.440. The monoisotopic (exact) mass is 361 g/mol. The fourth-order valence-electron chi connectivity index (χ4n) is 3.20. The van der Waals surface area contributed by atoms with Crippen LogP contribution >= 0.6 is 0 Å². The Morgan fingerprint density at radius 3 is 2.54 bits per heavy atom. The van der Waals surface area contributed by atoms with Crippen molar-refractivity contribution in [1.82, 2.24) is 10.3 Å². The zero-order chi connectivity index (χ0) is 19.1. The average Bonchev–Trinajstić information content (AvgIpc) is 2.66. The highest BCUT2D eigenvalue weighted by atomic mass is 16.5. The number of amidine groups is 1. The Labute approximate surface area is 155 Å². The molecule has 0 saturated heterocycles. The highest BCUT2D eigenvalue weighted by Crippen LogP contribution is 2.24. The van der Waals surface area contributed by atoms with Crippen LogP contribution in [0.4, 0.5) is 5.82 Å². The molecule has 7 nitrogen and oxygen atoms in total. The van der Waals surface area contributed by atoms with Gasteiger partial charge >= 0.3 is 0 Å². The van der Waals surface area contributed by atoms with Crippen molar-refractivity contribution in [3.05, 3.63) is 17.7 Å². The lowest BCUT2D eigenvalue weighted by molar-refractivity contribution is -0.124. The number of ether oxygens (including phenoxy) is 1. The number of hydrogen-bond donors (Lipinski definition) is 4. The second kappa shape index (κ2) is 9.52. The van der Waals surface area contributed by atoms with Crippen LogP contribution < -0.4 is 21.1 Å². The molecular formula is C19H31N5O2. The molecule has 0 aliphatic heterocycles. The summed E-state index contributed by atoms with van der Waals surface area (Å²) in [6, 6.07) is 3.70. The SMILES string of the molecule is CCC(CC)Oc1ccc(C(=N)NC(=O)[C@H]2CC[C@H](N)CC2)c(NC)n1. The van der Waals surface area contributed by atoms with Crippen molar-refractivity contribution in [2.45, 2.75) is 64.5 Å². The number of carbonyl (C=O) groups is 1. The number of amides is 1. The van der Waals surface area contributed by atoms with Crippen molar-refractivity contribution in [2.75, 3.05) is 12.4 Å². The van der Waals surface area contributed by atoms with Crippen molar-refractivity contribution in [3.63, 3.8) is 0 Å². The molecule has 144 valence electrons. The minimum Gasteiger partial charge on any atom is -0.474 e. The number of nitrogens with one attached hydrogen (secondary N) is 3. The van der Waals surface area contributed by atoms with E-state index in [0.717, 1.165) is 38.5 Å². The van der Waals surface area contributed by atoms with E-state index in [1.165, 1.54) is 0 Å². The van der Waals surface area contributed by atoms with Gasteiger partial charge in [0, 0.05) is 25.1 Å². The molecule has 0 atom stereocenters. The lowest BCUT2D eigenvalue weighted by Crippen LogP contribution is -2.39. The minimum atomic E-state index is -0.110. The van der Waals surface area contributed by atoms with Crippen LogP contribution in [0.25, 0.3) is 0 Å². The fourth-order valence-corrected chi connectivity index (χ4v) is 3.20. The topological polar surface area (TPSA) is 113 Å². The second-order valence-corrected chi connectivity index (χ2v) is 6.83. The van der Waals surface area contributed by atoms with Gasteiger partial charge in [0.25, 0.3) is 0 Å². The van der Waals surface area contributed by atoms with Crippen molar-refractivity contribution in [1.29, 1.82) is 5.41 Å². The first-order chi connectivity index (χ1) is 12.5. The Kier molecular flexibility index (Phi) is 7.38. The maximum atomic E-state index is 12.4. The Morgan fingerprint density at radius 1 is 1.31 bits per heavy atom. The first-order valence-electron chi connectivity index (χ1n) is 9.49. The standard InChI is InChI=1S/C19H31N5O2/c1-4-14(5-2)26-16-11-10-15(18(22-3)23-16)17(21)24-19(25)12-6-8-13(20)9-7-12/h10-14H,4-9,20H2,1-3H3,(H,22,23)(H2,21,24,25)/t12-,13-.